The highest BCUT2D eigenvalue weighted by molar-refractivity contribution is 5.93. The van der Waals surface area contributed by atoms with Gasteiger partial charge in [-0.05, 0) is 6.42 Å². The summed E-state index contributed by atoms with van der Waals surface area (Å²) >= 11 is 0. The van der Waals surface area contributed by atoms with E-state index in [4.69, 9.17) is 5.73 Å². The minimum Gasteiger partial charge on any atom is -0.366 e. The summed E-state index contributed by atoms with van der Waals surface area (Å²) in [5, 5.41) is 0. The molecule has 1 amide bonds. The molecule has 2 nitrogen and oxygen atoms in total. The van der Waals surface area contributed by atoms with Crippen LogP contribution in [0.25, 0.3) is 0 Å². The second kappa shape index (κ2) is 3.24. The third-order valence-electron chi connectivity index (χ3n) is 1.84. The molecule has 0 saturated carbocycles. The molecule has 1 aliphatic rings. The molecule has 1 unspecified atom stereocenters. The quantitative estimate of drug-likeness (QED) is 0.671. The summed E-state index contributed by atoms with van der Waals surface area (Å²) in [7, 11) is 0. The molecule has 1 aliphatic carbocycles. The van der Waals surface area contributed by atoms with E-state index in [9.17, 15) is 18.0 Å². The molecule has 0 radical (unpaired) electrons. The Morgan fingerprint density at radius 2 is 2.15 bits per heavy atom. The van der Waals surface area contributed by atoms with Crippen LogP contribution in [0.1, 0.15) is 6.42 Å². The van der Waals surface area contributed by atoms with Gasteiger partial charge >= 0.3 is 6.18 Å². The van der Waals surface area contributed by atoms with E-state index < -0.39 is 18.0 Å². The first-order valence-corrected chi connectivity index (χ1v) is 3.66. The fraction of sp³-hybridized carbons (Fsp3) is 0.375. The van der Waals surface area contributed by atoms with E-state index in [0.717, 1.165) is 6.08 Å². The minimum absolute atomic E-state index is 0.210. The van der Waals surface area contributed by atoms with Crippen molar-refractivity contribution >= 4 is 5.91 Å². The van der Waals surface area contributed by atoms with Crippen molar-refractivity contribution < 1.29 is 18.0 Å². The average molecular weight is 191 g/mol. The largest absolute Gasteiger partial charge is 0.396 e. The van der Waals surface area contributed by atoms with E-state index >= 15 is 0 Å². The number of halogens is 3. The highest BCUT2D eigenvalue weighted by Crippen LogP contribution is 2.36. The Labute approximate surface area is 72.9 Å². The highest BCUT2D eigenvalue weighted by Gasteiger charge is 2.43. The molecule has 0 heterocycles. The maximum absolute atomic E-state index is 12.3. The fourth-order valence-electron chi connectivity index (χ4n) is 1.19. The summed E-state index contributed by atoms with van der Waals surface area (Å²) in [6, 6.07) is 0. The van der Waals surface area contributed by atoms with Crippen molar-refractivity contribution in [3.8, 4) is 0 Å². The first kappa shape index (κ1) is 9.83. The van der Waals surface area contributed by atoms with E-state index in [0.29, 0.717) is 0 Å². The fourth-order valence-corrected chi connectivity index (χ4v) is 1.19. The van der Waals surface area contributed by atoms with Gasteiger partial charge in [-0.25, -0.2) is 0 Å². The molecule has 0 aliphatic heterocycles. The molecule has 0 spiro atoms. The number of carbonyl (C=O) groups excluding carboxylic acids is 1. The lowest BCUT2D eigenvalue weighted by Gasteiger charge is -2.21. The summed E-state index contributed by atoms with van der Waals surface area (Å²) in [4.78, 5) is 10.6. The van der Waals surface area contributed by atoms with Crippen LogP contribution >= 0.6 is 0 Å². The zero-order valence-corrected chi connectivity index (χ0v) is 6.64. The van der Waals surface area contributed by atoms with Crippen LogP contribution < -0.4 is 5.73 Å². The maximum Gasteiger partial charge on any atom is 0.396 e. The standard InChI is InChI=1S/C8H8F3NO/c9-8(10,11)6-4-2-1-3-5(6)7(12)13/h1-3,6H,4H2,(H2,12,13). The zero-order chi connectivity index (χ0) is 10.1. The number of allylic oxidation sites excluding steroid dienone is 3. The van der Waals surface area contributed by atoms with E-state index in [1.54, 1.807) is 0 Å². The van der Waals surface area contributed by atoms with Crippen molar-refractivity contribution in [2.24, 2.45) is 11.7 Å². The molecule has 0 aromatic rings. The van der Waals surface area contributed by atoms with Gasteiger partial charge in [0.1, 0.15) is 0 Å². The molecule has 0 aromatic carbocycles. The third kappa shape index (κ3) is 2.11. The first-order valence-electron chi connectivity index (χ1n) is 3.66. The van der Waals surface area contributed by atoms with Gasteiger partial charge in [0.15, 0.2) is 0 Å². The number of amides is 1. The molecule has 1 rings (SSSR count). The van der Waals surface area contributed by atoms with Gasteiger partial charge in [-0.2, -0.15) is 13.2 Å². The molecule has 5 heteroatoms. The van der Waals surface area contributed by atoms with Gasteiger partial charge in [-0.15, -0.1) is 0 Å². The SMILES string of the molecule is NC(=O)C1=CC=CCC1C(F)(F)F. The number of rotatable bonds is 1. The monoisotopic (exact) mass is 191 g/mol. The Bertz CT molecular complexity index is 278. The molecule has 0 fully saturated rings. The first-order chi connectivity index (χ1) is 5.93. The van der Waals surface area contributed by atoms with E-state index in [2.05, 4.69) is 0 Å². The smallest absolute Gasteiger partial charge is 0.366 e. The van der Waals surface area contributed by atoms with Gasteiger partial charge < -0.3 is 5.73 Å². The number of hydrogen-bond acceptors (Lipinski definition) is 1. The van der Waals surface area contributed by atoms with Crippen LogP contribution in [0.15, 0.2) is 23.8 Å². The van der Waals surface area contributed by atoms with Crippen LogP contribution in [0.4, 0.5) is 13.2 Å². The van der Waals surface area contributed by atoms with E-state index in [1.165, 1.54) is 12.2 Å². The summed E-state index contributed by atoms with van der Waals surface area (Å²) < 4.78 is 36.8. The van der Waals surface area contributed by atoms with Gasteiger partial charge in [0.2, 0.25) is 5.91 Å². The molecular formula is C8H8F3NO. The highest BCUT2D eigenvalue weighted by atomic mass is 19.4. The van der Waals surface area contributed by atoms with Crippen molar-refractivity contribution in [3.63, 3.8) is 0 Å². The molecule has 1 atom stereocenters. The number of nitrogens with two attached hydrogens (primary N) is 1. The van der Waals surface area contributed by atoms with Crippen LogP contribution in [-0.2, 0) is 4.79 Å². The lowest BCUT2D eigenvalue weighted by molar-refractivity contribution is -0.165. The second-order valence-electron chi connectivity index (χ2n) is 2.74. The summed E-state index contributed by atoms with van der Waals surface area (Å²) in [5.74, 6) is -2.75. The Hall–Kier alpha value is -1.26. The Morgan fingerprint density at radius 1 is 1.54 bits per heavy atom. The van der Waals surface area contributed by atoms with Gasteiger partial charge in [0, 0.05) is 5.57 Å². The van der Waals surface area contributed by atoms with Crippen LogP contribution in [0, 0.1) is 5.92 Å². The number of primary amides is 1. The molecule has 72 valence electrons. The average Bonchev–Trinajstić information content (AvgIpc) is 2.03. The molecule has 13 heavy (non-hydrogen) atoms. The lowest BCUT2D eigenvalue weighted by atomic mass is 9.90. The van der Waals surface area contributed by atoms with Gasteiger partial charge in [-0.1, -0.05) is 18.2 Å². The Balaban J connectivity index is 2.94. The lowest BCUT2D eigenvalue weighted by Crippen LogP contribution is -2.31. The van der Waals surface area contributed by atoms with E-state index in [1.807, 2.05) is 0 Å². The molecule has 2 N–H and O–H groups in total. The Kier molecular flexibility index (Phi) is 2.45. The second-order valence-corrected chi connectivity index (χ2v) is 2.74. The number of carbonyl (C=O) groups is 1. The van der Waals surface area contributed by atoms with Crippen LogP contribution in [0.2, 0.25) is 0 Å². The predicted octanol–water partition coefficient (Wildman–Crippen LogP) is 1.54. The van der Waals surface area contributed by atoms with Gasteiger partial charge in [0.25, 0.3) is 0 Å². The van der Waals surface area contributed by atoms with Crippen molar-refractivity contribution in [2.45, 2.75) is 12.6 Å². The topological polar surface area (TPSA) is 43.1 Å². The van der Waals surface area contributed by atoms with Crippen molar-refractivity contribution in [2.75, 3.05) is 0 Å². The molecule has 0 aromatic heterocycles. The van der Waals surface area contributed by atoms with Gasteiger partial charge in [0.05, 0.1) is 5.92 Å². The summed E-state index contributed by atoms with van der Waals surface area (Å²) in [5.41, 5.74) is 4.45. The van der Waals surface area contributed by atoms with Crippen molar-refractivity contribution in [1.82, 2.24) is 0 Å². The Morgan fingerprint density at radius 3 is 2.54 bits per heavy atom. The predicted molar refractivity (Wildman–Crippen MR) is 40.6 cm³/mol. The third-order valence-corrected chi connectivity index (χ3v) is 1.84. The number of hydrogen-bond donors (Lipinski definition) is 1. The maximum atomic E-state index is 12.3. The summed E-state index contributed by atoms with van der Waals surface area (Å²) in [6.45, 7) is 0. The minimum atomic E-state index is -4.40. The van der Waals surface area contributed by atoms with Gasteiger partial charge in [-0.3, -0.25) is 4.79 Å². The number of alkyl halides is 3. The zero-order valence-electron chi connectivity index (χ0n) is 6.64. The van der Waals surface area contributed by atoms with Crippen LogP contribution in [0.5, 0.6) is 0 Å². The normalized spacial score (nSPS) is 22.7. The van der Waals surface area contributed by atoms with Crippen LogP contribution in [-0.4, -0.2) is 12.1 Å². The molecule has 0 bridgehead atoms. The molecule has 0 saturated heterocycles. The van der Waals surface area contributed by atoms with Crippen molar-refractivity contribution in [1.29, 1.82) is 0 Å². The van der Waals surface area contributed by atoms with E-state index in [-0.39, 0.29) is 12.0 Å². The molecular weight excluding hydrogens is 183 g/mol. The van der Waals surface area contributed by atoms with Crippen molar-refractivity contribution in [3.05, 3.63) is 23.8 Å². The van der Waals surface area contributed by atoms with Crippen LogP contribution in [0.3, 0.4) is 0 Å². The summed E-state index contributed by atoms with van der Waals surface area (Å²) in [6.07, 6.45) is -0.721.